The molecular weight excluding hydrogens is 230 g/mol. The van der Waals surface area contributed by atoms with Gasteiger partial charge in [0.1, 0.15) is 11.7 Å². The van der Waals surface area contributed by atoms with Gasteiger partial charge in [0, 0.05) is 13.6 Å². The third-order valence-corrected chi connectivity index (χ3v) is 2.88. The Hall–Kier alpha value is -1.68. The van der Waals surface area contributed by atoms with Crippen LogP contribution in [0.4, 0.5) is 0 Å². The lowest BCUT2D eigenvalue weighted by atomic mass is 9.94. The van der Waals surface area contributed by atoms with Crippen molar-refractivity contribution in [3.63, 3.8) is 0 Å². The predicted octanol–water partition coefficient (Wildman–Crippen LogP) is 0.885. The minimum Gasteiger partial charge on any atom is -0.395 e. The monoisotopic (exact) mass is 249 g/mol. The van der Waals surface area contributed by atoms with E-state index < -0.39 is 5.92 Å². The lowest BCUT2D eigenvalue weighted by Gasteiger charge is -2.21. The van der Waals surface area contributed by atoms with Gasteiger partial charge in [0.2, 0.25) is 5.91 Å². The van der Waals surface area contributed by atoms with Crippen molar-refractivity contribution < 1.29 is 14.7 Å². The van der Waals surface area contributed by atoms with Gasteiger partial charge in [-0.1, -0.05) is 30.3 Å². The Balaban J connectivity index is 2.77. The highest BCUT2D eigenvalue weighted by molar-refractivity contribution is 6.00. The molecule has 4 heteroatoms. The molecule has 0 aliphatic rings. The molecule has 1 rings (SSSR count). The fourth-order valence-corrected chi connectivity index (χ4v) is 1.78. The summed E-state index contributed by atoms with van der Waals surface area (Å²) in [5.74, 6) is -1.04. The van der Waals surface area contributed by atoms with E-state index in [1.54, 1.807) is 7.05 Å². The second kappa shape index (κ2) is 6.91. The van der Waals surface area contributed by atoms with E-state index in [0.29, 0.717) is 6.42 Å². The van der Waals surface area contributed by atoms with Gasteiger partial charge in [-0.15, -0.1) is 0 Å². The standard InChI is InChI=1S/C14H19NO3/c1-11(17)13(14(18)15(2)8-9-16)10-12-6-4-3-5-7-12/h3-7,13,16H,8-10H2,1-2H3. The molecule has 1 aromatic rings. The molecule has 0 aliphatic heterocycles. The molecule has 1 unspecified atom stereocenters. The molecule has 1 amide bonds. The van der Waals surface area contributed by atoms with E-state index in [1.165, 1.54) is 11.8 Å². The highest BCUT2D eigenvalue weighted by Crippen LogP contribution is 2.12. The second-order valence-electron chi connectivity index (χ2n) is 4.34. The Morgan fingerprint density at radius 2 is 1.89 bits per heavy atom. The quantitative estimate of drug-likeness (QED) is 0.762. The largest absolute Gasteiger partial charge is 0.395 e. The van der Waals surface area contributed by atoms with Crippen molar-refractivity contribution >= 4 is 11.7 Å². The molecule has 1 N–H and O–H groups in total. The number of likely N-dealkylation sites (N-methyl/N-ethyl adjacent to an activating group) is 1. The van der Waals surface area contributed by atoms with Crippen molar-refractivity contribution in [2.45, 2.75) is 13.3 Å². The molecule has 0 saturated carbocycles. The number of hydrogen-bond donors (Lipinski definition) is 1. The van der Waals surface area contributed by atoms with Crippen LogP contribution in [0.5, 0.6) is 0 Å². The Kier molecular flexibility index (Phi) is 5.52. The minimum absolute atomic E-state index is 0.0990. The van der Waals surface area contributed by atoms with Crippen LogP contribution in [-0.4, -0.2) is 41.9 Å². The van der Waals surface area contributed by atoms with Crippen LogP contribution in [0.25, 0.3) is 0 Å². The molecule has 1 atom stereocenters. The third-order valence-electron chi connectivity index (χ3n) is 2.88. The van der Waals surface area contributed by atoms with Crippen LogP contribution < -0.4 is 0 Å². The number of ketones is 1. The van der Waals surface area contributed by atoms with Crippen molar-refractivity contribution in [3.8, 4) is 0 Å². The van der Waals surface area contributed by atoms with Gasteiger partial charge in [0.05, 0.1) is 6.61 Å². The molecule has 18 heavy (non-hydrogen) atoms. The van der Waals surface area contributed by atoms with Crippen LogP contribution >= 0.6 is 0 Å². The lowest BCUT2D eigenvalue weighted by molar-refractivity contribution is -0.139. The molecule has 98 valence electrons. The number of carbonyl (C=O) groups excluding carboxylic acids is 2. The highest BCUT2D eigenvalue weighted by atomic mass is 16.3. The van der Waals surface area contributed by atoms with Gasteiger partial charge in [-0.2, -0.15) is 0 Å². The minimum atomic E-state index is -0.663. The molecule has 0 aliphatic carbocycles. The molecule has 4 nitrogen and oxygen atoms in total. The highest BCUT2D eigenvalue weighted by Gasteiger charge is 2.26. The summed E-state index contributed by atoms with van der Waals surface area (Å²) in [5, 5.41) is 8.82. The average molecular weight is 249 g/mol. The van der Waals surface area contributed by atoms with Gasteiger partial charge in [0.15, 0.2) is 0 Å². The van der Waals surface area contributed by atoms with Gasteiger partial charge in [-0.25, -0.2) is 0 Å². The first kappa shape index (κ1) is 14.4. The van der Waals surface area contributed by atoms with E-state index in [-0.39, 0.29) is 24.8 Å². The van der Waals surface area contributed by atoms with Crippen LogP contribution in [0.15, 0.2) is 30.3 Å². The molecule has 0 bridgehead atoms. The number of hydrogen-bond acceptors (Lipinski definition) is 3. The number of nitrogens with zero attached hydrogens (tertiary/aromatic N) is 1. The molecule has 0 radical (unpaired) electrons. The van der Waals surface area contributed by atoms with E-state index >= 15 is 0 Å². The van der Waals surface area contributed by atoms with Crippen LogP contribution in [0, 0.1) is 5.92 Å². The maximum Gasteiger partial charge on any atom is 0.233 e. The van der Waals surface area contributed by atoms with Gasteiger partial charge in [-0.3, -0.25) is 9.59 Å². The molecule has 0 saturated heterocycles. The number of benzene rings is 1. The molecule has 0 fully saturated rings. The third kappa shape index (κ3) is 3.96. The normalized spacial score (nSPS) is 11.9. The maximum atomic E-state index is 12.1. The number of rotatable bonds is 6. The summed E-state index contributed by atoms with van der Waals surface area (Å²) in [5.41, 5.74) is 0.962. The summed E-state index contributed by atoms with van der Waals surface area (Å²) >= 11 is 0. The first-order valence-electron chi connectivity index (χ1n) is 5.96. The summed E-state index contributed by atoms with van der Waals surface area (Å²) in [6, 6.07) is 9.46. The number of Topliss-reactive ketones (excluding diaryl/α,β-unsaturated/α-hetero) is 1. The average Bonchev–Trinajstić information content (AvgIpc) is 2.36. The molecule has 0 spiro atoms. The van der Waals surface area contributed by atoms with Crippen LogP contribution in [0.1, 0.15) is 12.5 Å². The summed E-state index contributed by atoms with van der Waals surface area (Å²) in [7, 11) is 1.60. The lowest BCUT2D eigenvalue weighted by Crippen LogP contribution is -2.38. The molecular formula is C14H19NO3. The van der Waals surface area contributed by atoms with Gasteiger partial charge in [0.25, 0.3) is 0 Å². The number of aliphatic hydroxyl groups excluding tert-OH is 1. The second-order valence-corrected chi connectivity index (χ2v) is 4.34. The number of carbonyl (C=O) groups is 2. The SMILES string of the molecule is CC(=O)C(Cc1ccccc1)C(=O)N(C)CCO. The van der Waals surface area contributed by atoms with Crippen LogP contribution in [-0.2, 0) is 16.0 Å². The summed E-state index contributed by atoms with van der Waals surface area (Å²) in [4.78, 5) is 25.1. The van der Waals surface area contributed by atoms with E-state index in [2.05, 4.69) is 0 Å². The van der Waals surface area contributed by atoms with Crippen molar-refractivity contribution in [1.82, 2.24) is 4.90 Å². The Morgan fingerprint density at radius 1 is 1.28 bits per heavy atom. The fourth-order valence-electron chi connectivity index (χ4n) is 1.78. The van der Waals surface area contributed by atoms with Gasteiger partial charge < -0.3 is 10.0 Å². The molecule has 0 aromatic heterocycles. The zero-order chi connectivity index (χ0) is 13.5. The summed E-state index contributed by atoms with van der Waals surface area (Å²) in [6.45, 7) is 1.58. The van der Waals surface area contributed by atoms with Gasteiger partial charge in [-0.05, 0) is 18.9 Å². The van der Waals surface area contributed by atoms with E-state index in [4.69, 9.17) is 5.11 Å². The molecule has 1 aromatic carbocycles. The van der Waals surface area contributed by atoms with E-state index in [9.17, 15) is 9.59 Å². The van der Waals surface area contributed by atoms with Crippen molar-refractivity contribution in [2.24, 2.45) is 5.92 Å². The zero-order valence-corrected chi connectivity index (χ0v) is 10.8. The first-order chi connectivity index (χ1) is 8.56. The Bertz CT molecular complexity index is 403. The van der Waals surface area contributed by atoms with Gasteiger partial charge >= 0.3 is 0 Å². The van der Waals surface area contributed by atoms with E-state index in [0.717, 1.165) is 5.56 Å². The maximum absolute atomic E-state index is 12.1. The zero-order valence-electron chi connectivity index (χ0n) is 10.8. The van der Waals surface area contributed by atoms with Crippen molar-refractivity contribution in [2.75, 3.05) is 20.2 Å². The van der Waals surface area contributed by atoms with Crippen molar-refractivity contribution in [3.05, 3.63) is 35.9 Å². The predicted molar refractivity (Wildman–Crippen MR) is 69.0 cm³/mol. The van der Waals surface area contributed by atoms with Crippen molar-refractivity contribution in [1.29, 1.82) is 0 Å². The van der Waals surface area contributed by atoms with Crippen LogP contribution in [0.3, 0.4) is 0 Å². The summed E-state index contributed by atoms with van der Waals surface area (Å²) < 4.78 is 0. The van der Waals surface area contributed by atoms with Crippen LogP contribution in [0.2, 0.25) is 0 Å². The topological polar surface area (TPSA) is 57.6 Å². The first-order valence-corrected chi connectivity index (χ1v) is 5.96. The summed E-state index contributed by atoms with van der Waals surface area (Å²) in [6.07, 6.45) is 0.408. The molecule has 0 heterocycles. The Morgan fingerprint density at radius 3 is 2.39 bits per heavy atom. The Labute approximate surface area is 107 Å². The fraction of sp³-hybridized carbons (Fsp3) is 0.429. The smallest absolute Gasteiger partial charge is 0.233 e. The number of amides is 1. The number of aliphatic hydroxyl groups is 1. The van der Waals surface area contributed by atoms with E-state index in [1.807, 2.05) is 30.3 Å².